The summed E-state index contributed by atoms with van der Waals surface area (Å²) >= 11 is 6.34. The molecule has 4 rings (SSSR count). The van der Waals surface area contributed by atoms with Gasteiger partial charge in [0.15, 0.2) is 23.2 Å². The quantitative estimate of drug-likeness (QED) is 0.562. The third-order valence-corrected chi connectivity index (χ3v) is 5.53. The van der Waals surface area contributed by atoms with E-state index in [1.54, 1.807) is 12.1 Å². The molecule has 1 N–H and O–H groups in total. The summed E-state index contributed by atoms with van der Waals surface area (Å²) in [5.74, 6) is 2.49. The van der Waals surface area contributed by atoms with E-state index in [4.69, 9.17) is 30.5 Å². The number of aliphatic imine (C=N–C) groups is 1. The first-order valence-electron chi connectivity index (χ1n) is 10.6. The lowest BCUT2D eigenvalue weighted by Gasteiger charge is -2.36. The molecule has 2 aromatic rings. The Balaban J connectivity index is 1.35. The molecule has 1 aromatic carbocycles. The van der Waals surface area contributed by atoms with E-state index in [0.717, 1.165) is 24.5 Å². The molecule has 1 fully saturated rings. The minimum atomic E-state index is -0.0675. The fraction of sp³-hybridized carbons (Fsp3) is 0.455. The Morgan fingerprint density at radius 1 is 1.16 bits per heavy atom. The number of carbonyl (C=O) groups is 1. The fourth-order valence-electron chi connectivity index (χ4n) is 3.70. The molecule has 0 radical (unpaired) electrons. The third-order valence-electron chi connectivity index (χ3n) is 5.25. The average Bonchev–Trinajstić information content (AvgIpc) is 3.33. The molecule has 0 unspecified atom stereocenters. The minimum absolute atomic E-state index is 0.0675. The van der Waals surface area contributed by atoms with Gasteiger partial charge in [-0.25, -0.2) is 0 Å². The van der Waals surface area contributed by atoms with Crippen LogP contribution in [0.5, 0.6) is 11.5 Å². The lowest BCUT2D eigenvalue weighted by molar-refractivity contribution is 0.0657. The fourth-order valence-corrected chi connectivity index (χ4v) is 3.99. The second-order valence-electron chi connectivity index (χ2n) is 7.34. The Morgan fingerprint density at radius 2 is 1.94 bits per heavy atom. The van der Waals surface area contributed by atoms with Crippen LogP contribution in [-0.2, 0) is 6.42 Å². The molecule has 2 aliphatic heterocycles. The van der Waals surface area contributed by atoms with Gasteiger partial charge < -0.3 is 29.0 Å². The van der Waals surface area contributed by atoms with Gasteiger partial charge in [0.05, 0.1) is 11.3 Å². The van der Waals surface area contributed by atoms with Crippen molar-refractivity contribution in [1.29, 1.82) is 0 Å². The van der Waals surface area contributed by atoms with E-state index in [9.17, 15) is 4.79 Å². The van der Waals surface area contributed by atoms with Crippen LogP contribution in [0.3, 0.4) is 0 Å². The summed E-state index contributed by atoms with van der Waals surface area (Å²) in [6.45, 7) is 7.18. The molecule has 0 spiro atoms. The number of ether oxygens (including phenoxy) is 2. The molecule has 0 saturated carbocycles. The smallest absolute Gasteiger partial charge is 0.289 e. The van der Waals surface area contributed by atoms with Crippen molar-refractivity contribution in [3.8, 4) is 11.5 Å². The molecule has 0 aliphatic carbocycles. The first kappa shape index (κ1) is 21.4. The standard InChI is InChI=1S/C22H27ClN4O4/c1-2-24-22(27-9-7-26(8-10-27)21(28)18-4-3-11-29-18)25-6-5-16-14-17(23)20-19(15-16)30-12-13-31-20/h3-4,11,14-15H,2,5-10,12-13H2,1H3,(H,24,25). The minimum Gasteiger partial charge on any atom is -0.486 e. The number of rotatable bonds is 5. The summed E-state index contributed by atoms with van der Waals surface area (Å²) < 4.78 is 16.5. The zero-order valence-corrected chi connectivity index (χ0v) is 18.4. The van der Waals surface area contributed by atoms with Crippen LogP contribution >= 0.6 is 11.6 Å². The van der Waals surface area contributed by atoms with E-state index in [0.29, 0.717) is 68.2 Å². The maximum absolute atomic E-state index is 12.5. The molecule has 1 saturated heterocycles. The number of fused-ring (bicyclic) bond motifs is 1. The number of furan rings is 1. The van der Waals surface area contributed by atoms with Gasteiger partial charge in [0, 0.05) is 39.3 Å². The van der Waals surface area contributed by atoms with Crippen LogP contribution in [0, 0.1) is 0 Å². The van der Waals surface area contributed by atoms with Crippen molar-refractivity contribution in [2.45, 2.75) is 13.3 Å². The Labute approximate surface area is 186 Å². The molecule has 0 atom stereocenters. The van der Waals surface area contributed by atoms with Gasteiger partial charge in [-0.2, -0.15) is 0 Å². The molecule has 9 heteroatoms. The normalized spacial score (nSPS) is 16.4. The van der Waals surface area contributed by atoms with Crippen LogP contribution in [0.1, 0.15) is 23.0 Å². The predicted octanol–water partition coefficient (Wildman–Crippen LogP) is 2.67. The van der Waals surface area contributed by atoms with E-state index in [-0.39, 0.29) is 5.91 Å². The Kier molecular flexibility index (Phi) is 6.86. The molecule has 1 aromatic heterocycles. The number of hydrogen-bond donors (Lipinski definition) is 1. The highest BCUT2D eigenvalue weighted by Crippen LogP contribution is 2.38. The second-order valence-corrected chi connectivity index (χ2v) is 7.75. The van der Waals surface area contributed by atoms with Gasteiger partial charge in [-0.1, -0.05) is 11.6 Å². The van der Waals surface area contributed by atoms with E-state index in [2.05, 4.69) is 10.2 Å². The number of piperazine rings is 1. The molecule has 8 nitrogen and oxygen atoms in total. The topological polar surface area (TPSA) is 79.5 Å². The molecule has 166 valence electrons. The van der Waals surface area contributed by atoms with Crippen LogP contribution in [0.25, 0.3) is 0 Å². The summed E-state index contributed by atoms with van der Waals surface area (Å²) in [5, 5.41) is 3.92. The van der Waals surface area contributed by atoms with Crippen LogP contribution in [0.2, 0.25) is 5.02 Å². The first-order chi connectivity index (χ1) is 15.2. The van der Waals surface area contributed by atoms with E-state index < -0.39 is 0 Å². The highest BCUT2D eigenvalue weighted by molar-refractivity contribution is 6.32. The summed E-state index contributed by atoms with van der Waals surface area (Å²) in [6.07, 6.45) is 2.26. The highest BCUT2D eigenvalue weighted by atomic mass is 35.5. The molecule has 31 heavy (non-hydrogen) atoms. The zero-order valence-electron chi connectivity index (χ0n) is 17.6. The third kappa shape index (κ3) is 5.07. The van der Waals surface area contributed by atoms with Crippen molar-refractivity contribution < 1.29 is 18.7 Å². The number of nitrogens with one attached hydrogen (secondary N) is 1. The lowest BCUT2D eigenvalue weighted by atomic mass is 10.1. The molecule has 1 amide bonds. The van der Waals surface area contributed by atoms with Crippen LogP contribution in [0.4, 0.5) is 0 Å². The van der Waals surface area contributed by atoms with Crippen molar-refractivity contribution >= 4 is 23.5 Å². The van der Waals surface area contributed by atoms with Crippen LogP contribution < -0.4 is 14.8 Å². The molecule has 3 heterocycles. The number of carbonyl (C=O) groups excluding carboxylic acids is 1. The van der Waals surface area contributed by atoms with Gasteiger partial charge in [0.1, 0.15) is 13.2 Å². The van der Waals surface area contributed by atoms with Gasteiger partial charge in [-0.05, 0) is 43.2 Å². The number of halogens is 1. The summed E-state index contributed by atoms with van der Waals surface area (Å²) in [4.78, 5) is 21.3. The van der Waals surface area contributed by atoms with Crippen molar-refractivity contribution in [2.24, 2.45) is 4.99 Å². The number of amides is 1. The first-order valence-corrected chi connectivity index (χ1v) is 11.0. The van der Waals surface area contributed by atoms with E-state index in [1.807, 2.05) is 24.0 Å². The maximum Gasteiger partial charge on any atom is 0.289 e. The number of hydrogen-bond acceptors (Lipinski definition) is 5. The van der Waals surface area contributed by atoms with Gasteiger partial charge in [0.25, 0.3) is 5.91 Å². The Morgan fingerprint density at radius 3 is 2.68 bits per heavy atom. The number of benzene rings is 1. The number of guanidine groups is 1. The number of nitrogens with zero attached hydrogens (tertiary/aromatic N) is 3. The van der Waals surface area contributed by atoms with Crippen LogP contribution in [0.15, 0.2) is 39.9 Å². The molecule has 0 bridgehead atoms. The summed E-state index contributed by atoms with van der Waals surface area (Å²) in [7, 11) is 0. The van der Waals surface area contributed by atoms with Crippen molar-refractivity contribution in [1.82, 2.24) is 15.1 Å². The van der Waals surface area contributed by atoms with E-state index in [1.165, 1.54) is 6.26 Å². The second kappa shape index (κ2) is 9.96. The molecular formula is C22H27ClN4O4. The van der Waals surface area contributed by atoms with Crippen LogP contribution in [-0.4, -0.2) is 74.1 Å². The van der Waals surface area contributed by atoms with Gasteiger partial charge >= 0.3 is 0 Å². The van der Waals surface area contributed by atoms with Gasteiger partial charge in [0.2, 0.25) is 0 Å². The van der Waals surface area contributed by atoms with Crippen molar-refractivity contribution in [3.05, 3.63) is 46.9 Å². The Hall–Kier alpha value is -2.87. The van der Waals surface area contributed by atoms with Crippen molar-refractivity contribution in [2.75, 3.05) is 52.5 Å². The average molecular weight is 447 g/mol. The largest absolute Gasteiger partial charge is 0.486 e. The molecular weight excluding hydrogens is 420 g/mol. The molecule has 2 aliphatic rings. The van der Waals surface area contributed by atoms with Gasteiger partial charge in [-0.15, -0.1) is 0 Å². The summed E-state index contributed by atoms with van der Waals surface area (Å²) in [5.41, 5.74) is 1.06. The predicted molar refractivity (Wildman–Crippen MR) is 118 cm³/mol. The maximum atomic E-state index is 12.5. The van der Waals surface area contributed by atoms with Gasteiger partial charge in [-0.3, -0.25) is 9.79 Å². The Bertz CT molecular complexity index is 924. The summed E-state index contributed by atoms with van der Waals surface area (Å²) in [6, 6.07) is 7.32. The monoisotopic (exact) mass is 446 g/mol. The lowest BCUT2D eigenvalue weighted by Crippen LogP contribution is -2.53. The van der Waals surface area contributed by atoms with Crippen molar-refractivity contribution in [3.63, 3.8) is 0 Å². The van der Waals surface area contributed by atoms with E-state index >= 15 is 0 Å². The SMILES string of the molecule is CCNC(=NCCc1cc(Cl)c2c(c1)OCCO2)N1CCN(C(=O)c2ccco2)CC1. The zero-order chi connectivity index (χ0) is 21.6. The highest BCUT2D eigenvalue weighted by Gasteiger charge is 2.25.